The summed E-state index contributed by atoms with van der Waals surface area (Å²) in [4.78, 5) is 9.29. The highest BCUT2D eigenvalue weighted by atomic mass is 32.2. The Bertz CT molecular complexity index is 166. The van der Waals surface area contributed by atoms with Crippen LogP contribution < -0.4 is 5.73 Å². The third-order valence-corrected chi connectivity index (χ3v) is 0.703. The van der Waals surface area contributed by atoms with Crippen molar-refractivity contribution in [1.29, 1.82) is 0 Å². The molecule has 2 N–H and O–H groups in total. The van der Waals surface area contributed by atoms with E-state index in [2.05, 4.69) is 0 Å². The molecule has 0 aliphatic carbocycles. The molecule has 6 heteroatoms. The largest absolute Gasteiger partial charge is 0.381 e. The molecule has 0 aromatic heterocycles. The zero-order valence-corrected chi connectivity index (χ0v) is 3.90. The Morgan fingerprint density at radius 3 is 1.71 bits per heavy atom. The molecule has 0 saturated heterocycles. The van der Waals surface area contributed by atoms with Gasteiger partial charge < -0.3 is 0 Å². The highest BCUT2D eigenvalue weighted by molar-refractivity contribution is 8.01. The van der Waals surface area contributed by atoms with Crippen molar-refractivity contribution in [1.82, 2.24) is 5.73 Å². The molecule has 0 fully saturated rings. The highest BCUT2D eigenvalue weighted by Gasteiger charge is 2.12. The van der Waals surface area contributed by atoms with Crippen LogP contribution in [-0.4, -0.2) is 18.2 Å². The predicted octanol–water partition coefficient (Wildman–Crippen LogP) is -0.723. The van der Waals surface area contributed by atoms with Gasteiger partial charge in [-0.1, -0.05) is 0 Å². The van der Waals surface area contributed by atoms with Crippen molar-refractivity contribution in [3.8, 4) is 0 Å². The summed E-state index contributed by atoms with van der Waals surface area (Å²) in [6.07, 6.45) is 0. The lowest BCUT2D eigenvalue weighted by atomic mass is 11.5. The van der Waals surface area contributed by atoms with Crippen molar-refractivity contribution in [2.24, 2.45) is 0 Å². The molecule has 0 saturated carbocycles. The molecule has 0 aliphatic heterocycles. The van der Waals surface area contributed by atoms with Crippen LogP contribution in [0.5, 0.6) is 0 Å². The Balaban J connectivity index is 4.43. The monoisotopic (exact) mass is 124 g/mol. The standard InChI is InChI=1S/CH2NO4S/c2-1(3)7(4,5)6/h2H,(H,4,5,6). The molecular weight excluding hydrogens is 122 g/mol. The van der Waals surface area contributed by atoms with Crippen LogP contribution in [0.25, 0.3) is 0 Å². The summed E-state index contributed by atoms with van der Waals surface area (Å²) in [6, 6.07) is 0. The molecule has 0 heterocycles. The first-order chi connectivity index (χ1) is 2.94. The maximum atomic E-state index is 9.35. The second-order valence-electron chi connectivity index (χ2n) is 0.763. The number of amides is 1. The minimum Gasteiger partial charge on any atom is -0.278 e. The Morgan fingerprint density at radius 2 is 1.71 bits per heavy atom. The van der Waals surface area contributed by atoms with Gasteiger partial charge >= 0.3 is 15.4 Å². The van der Waals surface area contributed by atoms with E-state index in [4.69, 9.17) is 10.3 Å². The van der Waals surface area contributed by atoms with Gasteiger partial charge in [0, 0.05) is 0 Å². The number of carbonyl (C=O) groups is 1. The van der Waals surface area contributed by atoms with Gasteiger partial charge in [-0.05, 0) is 0 Å². The van der Waals surface area contributed by atoms with E-state index in [0.717, 1.165) is 0 Å². The van der Waals surface area contributed by atoms with Crippen LogP contribution in [0.4, 0.5) is 4.79 Å². The minimum atomic E-state index is -4.71. The van der Waals surface area contributed by atoms with Crippen LogP contribution >= 0.6 is 0 Å². The Kier molecular flexibility index (Phi) is 1.34. The van der Waals surface area contributed by atoms with Crippen LogP contribution in [0.2, 0.25) is 0 Å². The number of rotatable bonds is 0. The summed E-state index contributed by atoms with van der Waals surface area (Å²) in [5.74, 6) is 0. The molecule has 0 atom stereocenters. The fourth-order valence-electron chi connectivity index (χ4n) is 0. The number of carbonyl (C=O) groups excluding carboxylic acids is 1. The van der Waals surface area contributed by atoms with Gasteiger partial charge in [0.25, 0.3) is 0 Å². The van der Waals surface area contributed by atoms with Crippen molar-refractivity contribution in [2.75, 3.05) is 0 Å². The van der Waals surface area contributed by atoms with Gasteiger partial charge in [0.15, 0.2) is 0 Å². The van der Waals surface area contributed by atoms with E-state index in [9.17, 15) is 13.2 Å². The molecule has 0 spiro atoms. The second-order valence-corrected chi connectivity index (χ2v) is 2.08. The number of nitrogens with one attached hydrogen (secondary N) is 1. The predicted molar refractivity (Wildman–Crippen MR) is 20.0 cm³/mol. The minimum absolute atomic E-state index is 1.98. The lowest BCUT2D eigenvalue weighted by molar-refractivity contribution is 0.261. The van der Waals surface area contributed by atoms with Gasteiger partial charge in [0.05, 0.1) is 0 Å². The Labute approximate surface area is 39.9 Å². The van der Waals surface area contributed by atoms with Gasteiger partial charge in [-0.3, -0.25) is 15.1 Å². The van der Waals surface area contributed by atoms with Crippen molar-refractivity contribution >= 4 is 15.4 Å². The van der Waals surface area contributed by atoms with Crippen molar-refractivity contribution < 1.29 is 17.8 Å². The van der Waals surface area contributed by atoms with Crippen LogP contribution in [0.1, 0.15) is 0 Å². The smallest absolute Gasteiger partial charge is 0.278 e. The molecule has 1 amide bonds. The van der Waals surface area contributed by atoms with E-state index in [0.29, 0.717) is 0 Å². The van der Waals surface area contributed by atoms with Crippen molar-refractivity contribution in [2.45, 2.75) is 0 Å². The molecule has 1 radical (unpaired) electrons. The van der Waals surface area contributed by atoms with Crippen LogP contribution in [0.3, 0.4) is 0 Å². The Morgan fingerprint density at radius 1 is 1.57 bits per heavy atom. The Hall–Kier alpha value is -0.620. The molecule has 0 aromatic carbocycles. The third-order valence-electron chi connectivity index (χ3n) is 0.234. The quantitative estimate of drug-likeness (QED) is 0.431. The van der Waals surface area contributed by atoms with Crippen molar-refractivity contribution in [3.63, 3.8) is 0 Å². The molecule has 0 rings (SSSR count). The molecule has 0 unspecified atom stereocenters. The summed E-state index contributed by atoms with van der Waals surface area (Å²) in [5, 5.41) is -1.98. The first-order valence-electron chi connectivity index (χ1n) is 1.17. The van der Waals surface area contributed by atoms with E-state index in [-0.39, 0.29) is 0 Å². The lowest BCUT2D eigenvalue weighted by Gasteiger charge is -1.78. The lowest BCUT2D eigenvalue weighted by Crippen LogP contribution is -2.10. The van der Waals surface area contributed by atoms with Crippen molar-refractivity contribution in [3.05, 3.63) is 0 Å². The summed E-state index contributed by atoms with van der Waals surface area (Å²) in [7, 11) is -4.71. The van der Waals surface area contributed by atoms with Crippen LogP contribution in [-0.2, 0) is 10.1 Å². The third kappa shape index (κ3) is 2.12. The summed E-state index contributed by atoms with van der Waals surface area (Å²) in [5.41, 5.74) is 5.75. The average Bonchev–Trinajstić information content (AvgIpc) is 1.31. The molecule has 41 valence electrons. The fraction of sp³-hybridized carbons (Fsp3) is 0. The van der Waals surface area contributed by atoms with Crippen LogP contribution in [0, 0.1) is 0 Å². The average molecular weight is 124 g/mol. The van der Waals surface area contributed by atoms with E-state index in [1.807, 2.05) is 0 Å². The topological polar surface area (TPSA) is 95.2 Å². The first kappa shape index (κ1) is 6.38. The van der Waals surface area contributed by atoms with Crippen LogP contribution in [0.15, 0.2) is 0 Å². The summed E-state index contributed by atoms with van der Waals surface area (Å²) in [6.45, 7) is 0. The molecule has 7 heavy (non-hydrogen) atoms. The molecular formula is CH2NO4S. The molecule has 0 bridgehead atoms. The number of hydrogen-bond acceptors (Lipinski definition) is 3. The fourth-order valence-corrected chi connectivity index (χ4v) is 0. The first-order valence-corrected chi connectivity index (χ1v) is 2.61. The molecule has 0 aromatic rings. The normalized spacial score (nSPS) is 11.0. The van der Waals surface area contributed by atoms with E-state index in [1.165, 1.54) is 0 Å². The zero-order valence-electron chi connectivity index (χ0n) is 3.08. The van der Waals surface area contributed by atoms with E-state index in [1.54, 1.807) is 0 Å². The highest BCUT2D eigenvalue weighted by Crippen LogP contribution is 1.78. The van der Waals surface area contributed by atoms with Gasteiger partial charge in [0.2, 0.25) is 0 Å². The van der Waals surface area contributed by atoms with Gasteiger partial charge in [-0.2, -0.15) is 8.42 Å². The number of hydrogen-bond donors (Lipinski definition) is 1. The second kappa shape index (κ2) is 1.47. The summed E-state index contributed by atoms with van der Waals surface area (Å²) < 4.78 is 26.2. The molecule has 0 aliphatic rings. The maximum absolute atomic E-state index is 9.35. The SMILES string of the molecule is [NH]C(=O)S(=O)(=O)O. The van der Waals surface area contributed by atoms with Gasteiger partial charge in [0.1, 0.15) is 0 Å². The van der Waals surface area contributed by atoms with Gasteiger partial charge in [-0.15, -0.1) is 0 Å². The van der Waals surface area contributed by atoms with E-state index >= 15 is 0 Å². The maximum Gasteiger partial charge on any atom is 0.381 e. The molecule has 5 nitrogen and oxygen atoms in total. The summed E-state index contributed by atoms with van der Waals surface area (Å²) >= 11 is 0. The zero-order chi connectivity index (χ0) is 6.08. The van der Waals surface area contributed by atoms with E-state index < -0.39 is 15.4 Å². The van der Waals surface area contributed by atoms with Gasteiger partial charge in [-0.25, -0.2) is 0 Å².